The number of esters is 1. The van der Waals surface area contributed by atoms with Gasteiger partial charge in [0.1, 0.15) is 11.3 Å². The Morgan fingerprint density at radius 3 is 2.67 bits per heavy atom. The monoisotopic (exact) mass is 416 g/mol. The van der Waals surface area contributed by atoms with E-state index in [1.165, 1.54) is 6.20 Å². The molecular weight excluding hydrogens is 404 g/mol. The van der Waals surface area contributed by atoms with Gasteiger partial charge >= 0.3 is 5.97 Å². The lowest BCUT2D eigenvalue weighted by atomic mass is 10.1. The first-order chi connectivity index (χ1) is 10.0. The van der Waals surface area contributed by atoms with E-state index in [1.54, 1.807) is 21.1 Å². The van der Waals surface area contributed by atoms with Gasteiger partial charge < -0.3 is 14.8 Å². The minimum absolute atomic E-state index is 0.305. The number of anilines is 1. The predicted octanol–water partition coefficient (Wildman–Crippen LogP) is 3.99. The molecule has 1 aromatic heterocycles. The highest BCUT2D eigenvalue weighted by Gasteiger charge is 2.21. The summed E-state index contributed by atoms with van der Waals surface area (Å²) in [6.45, 7) is 2.07. The molecule has 0 amide bonds. The molecule has 0 aliphatic carbocycles. The number of hydrogen-bond donors (Lipinski definition) is 1. The SMILES string of the molecule is CCOC(=O)c1cnc2c(Br)cc(Br)c(OC)c2c1NC. The summed E-state index contributed by atoms with van der Waals surface area (Å²) >= 11 is 6.93. The van der Waals surface area contributed by atoms with Crippen LogP contribution in [-0.4, -0.2) is 31.7 Å². The van der Waals surface area contributed by atoms with Crippen LogP contribution in [0.5, 0.6) is 5.75 Å². The number of rotatable bonds is 4. The average Bonchev–Trinajstić information content (AvgIpc) is 2.46. The molecule has 21 heavy (non-hydrogen) atoms. The van der Waals surface area contributed by atoms with E-state index in [2.05, 4.69) is 42.2 Å². The molecule has 5 nitrogen and oxygen atoms in total. The molecule has 0 aliphatic heterocycles. The molecule has 0 spiro atoms. The van der Waals surface area contributed by atoms with Gasteiger partial charge in [0.2, 0.25) is 0 Å². The number of pyridine rings is 1. The minimum Gasteiger partial charge on any atom is -0.495 e. The molecule has 0 radical (unpaired) electrons. The lowest BCUT2D eigenvalue weighted by Gasteiger charge is -2.15. The topological polar surface area (TPSA) is 60.5 Å². The molecule has 1 heterocycles. The van der Waals surface area contributed by atoms with Crippen molar-refractivity contribution in [1.29, 1.82) is 0 Å². The van der Waals surface area contributed by atoms with Crippen molar-refractivity contribution >= 4 is 54.4 Å². The number of carbonyl (C=O) groups excluding carboxylic acids is 1. The normalized spacial score (nSPS) is 10.5. The van der Waals surface area contributed by atoms with Crippen molar-refractivity contribution in [3.63, 3.8) is 0 Å². The fraction of sp³-hybridized carbons (Fsp3) is 0.286. The lowest BCUT2D eigenvalue weighted by molar-refractivity contribution is 0.0527. The molecule has 0 bridgehead atoms. The molecule has 2 aromatic rings. The van der Waals surface area contributed by atoms with Crippen LogP contribution >= 0.6 is 31.9 Å². The van der Waals surface area contributed by atoms with Gasteiger partial charge in [0.05, 0.1) is 34.8 Å². The standard InChI is InChI=1S/C14H14Br2N2O3/c1-4-21-14(19)7-6-18-12-8(15)5-9(16)13(20-3)10(12)11(7)17-2/h5-6H,4H2,1-3H3,(H,17,18). The molecule has 0 saturated heterocycles. The van der Waals surface area contributed by atoms with Crippen LogP contribution < -0.4 is 10.1 Å². The van der Waals surface area contributed by atoms with Gasteiger partial charge in [-0.1, -0.05) is 0 Å². The van der Waals surface area contributed by atoms with E-state index >= 15 is 0 Å². The number of ether oxygens (including phenoxy) is 2. The fourth-order valence-electron chi connectivity index (χ4n) is 2.10. The number of fused-ring (bicyclic) bond motifs is 1. The Morgan fingerprint density at radius 1 is 1.38 bits per heavy atom. The minimum atomic E-state index is -0.422. The molecule has 0 fully saturated rings. The Balaban J connectivity index is 2.85. The van der Waals surface area contributed by atoms with Gasteiger partial charge in [0.25, 0.3) is 0 Å². The van der Waals surface area contributed by atoms with Gasteiger partial charge in [-0.05, 0) is 44.8 Å². The molecule has 2 rings (SSSR count). The maximum absolute atomic E-state index is 12.1. The zero-order valence-corrected chi connectivity index (χ0v) is 15.0. The highest BCUT2D eigenvalue weighted by Crippen LogP contribution is 2.42. The maximum Gasteiger partial charge on any atom is 0.341 e. The number of nitrogens with one attached hydrogen (secondary N) is 1. The average molecular weight is 418 g/mol. The second-order valence-corrected chi connectivity index (χ2v) is 5.82. The molecule has 1 aromatic carbocycles. The summed E-state index contributed by atoms with van der Waals surface area (Å²) in [4.78, 5) is 16.4. The van der Waals surface area contributed by atoms with Gasteiger partial charge in [-0.15, -0.1) is 0 Å². The van der Waals surface area contributed by atoms with E-state index in [0.29, 0.717) is 34.5 Å². The first-order valence-corrected chi connectivity index (χ1v) is 7.83. The summed E-state index contributed by atoms with van der Waals surface area (Å²) in [5.41, 5.74) is 1.69. The third-order valence-corrected chi connectivity index (χ3v) is 4.15. The van der Waals surface area contributed by atoms with E-state index in [0.717, 1.165) is 8.95 Å². The zero-order valence-electron chi connectivity index (χ0n) is 11.8. The van der Waals surface area contributed by atoms with Crippen molar-refractivity contribution in [2.45, 2.75) is 6.92 Å². The number of methoxy groups -OCH3 is 1. The lowest BCUT2D eigenvalue weighted by Crippen LogP contribution is -2.10. The van der Waals surface area contributed by atoms with Crippen LogP contribution in [0.1, 0.15) is 17.3 Å². The molecule has 112 valence electrons. The smallest absolute Gasteiger partial charge is 0.341 e. The Bertz CT molecular complexity index is 704. The number of halogens is 2. The van der Waals surface area contributed by atoms with Gasteiger partial charge in [-0.25, -0.2) is 4.79 Å². The predicted molar refractivity (Wildman–Crippen MR) is 89.2 cm³/mol. The van der Waals surface area contributed by atoms with E-state index in [4.69, 9.17) is 9.47 Å². The van der Waals surface area contributed by atoms with Gasteiger partial charge in [0, 0.05) is 17.7 Å². The van der Waals surface area contributed by atoms with Gasteiger partial charge in [-0.2, -0.15) is 0 Å². The number of nitrogens with zero attached hydrogens (tertiary/aromatic N) is 1. The molecule has 0 saturated carbocycles. The number of aromatic nitrogens is 1. The van der Waals surface area contributed by atoms with E-state index in [-0.39, 0.29) is 0 Å². The molecule has 0 aliphatic rings. The highest BCUT2D eigenvalue weighted by molar-refractivity contribution is 9.11. The summed E-state index contributed by atoms with van der Waals surface area (Å²) in [5, 5.41) is 3.76. The molecular formula is C14H14Br2N2O3. The Hall–Kier alpha value is -1.34. The molecule has 0 unspecified atom stereocenters. The van der Waals surface area contributed by atoms with Crippen LogP contribution in [0.4, 0.5) is 5.69 Å². The first kappa shape index (κ1) is 16.0. The quantitative estimate of drug-likeness (QED) is 0.762. The number of hydrogen-bond acceptors (Lipinski definition) is 5. The summed E-state index contributed by atoms with van der Waals surface area (Å²) in [7, 11) is 3.32. The van der Waals surface area contributed by atoms with Crippen LogP contribution in [0.2, 0.25) is 0 Å². The van der Waals surface area contributed by atoms with Gasteiger partial charge in [-0.3, -0.25) is 4.98 Å². The Labute approximate surface area is 139 Å². The summed E-state index contributed by atoms with van der Waals surface area (Å²) in [5.74, 6) is 0.186. The van der Waals surface area contributed by atoms with Crippen molar-refractivity contribution < 1.29 is 14.3 Å². The second-order valence-electron chi connectivity index (χ2n) is 4.11. The zero-order chi connectivity index (χ0) is 15.6. The molecule has 7 heteroatoms. The third kappa shape index (κ3) is 2.85. The molecule has 1 N–H and O–H groups in total. The van der Waals surface area contributed by atoms with Crippen LogP contribution in [0.3, 0.4) is 0 Å². The summed E-state index contributed by atoms with van der Waals surface area (Å²) in [6.07, 6.45) is 1.50. The van der Waals surface area contributed by atoms with Gasteiger partial charge in [0.15, 0.2) is 0 Å². The van der Waals surface area contributed by atoms with Crippen LogP contribution in [0.15, 0.2) is 21.2 Å². The number of carbonyl (C=O) groups is 1. The molecule has 0 atom stereocenters. The van der Waals surface area contributed by atoms with Crippen LogP contribution in [0, 0.1) is 0 Å². The second kappa shape index (κ2) is 6.62. The van der Waals surface area contributed by atoms with Crippen molar-refractivity contribution in [2.24, 2.45) is 0 Å². The largest absolute Gasteiger partial charge is 0.495 e. The summed E-state index contributed by atoms with van der Waals surface area (Å²) < 4.78 is 12.1. The summed E-state index contributed by atoms with van der Waals surface area (Å²) in [6, 6.07) is 1.86. The fourth-order valence-corrected chi connectivity index (χ4v) is 3.53. The number of benzene rings is 1. The third-order valence-electron chi connectivity index (χ3n) is 2.95. The first-order valence-electron chi connectivity index (χ1n) is 6.24. The van der Waals surface area contributed by atoms with Crippen molar-refractivity contribution in [3.8, 4) is 5.75 Å². The van der Waals surface area contributed by atoms with E-state index in [1.807, 2.05) is 6.07 Å². The van der Waals surface area contributed by atoms with Crippen LogP contribution in [-0.2, 0) is 4.74 Å². The highest BCUT2D eigenvalue weighted by atomic mass is 79.9. The van der Waals surface area contributed by atoms with E-state index < -0.39 is 5.97 Å². The van der Waals surface area contributed by atoms with Crippen molar-refractivity contribution in [2.75, 3.05) is 26.1 Å². The van der Waals surface area contributed by atoms with Crippen LogP contribution in [0.25, 0.3) is 10.9 Å². The van der Waals surface area contributed by atoms with Crippen molar-refractivity contribution in [1.82, 2.24) is 4.98 Å². The van der Waals surface area contributed by atoms with Crippen molar-refractivity contribution in [3.05, 3.63) is 26.8 Å². The Kier molecular flexibility index (Phi) is 5.05. The maximum atomic E-state index is 12.1. The van der Waals surface area contributed by atoms with E-state index in [9.17, 15) is 4.79 Å². The Morgan fingerprint density at radius 2 is 2.10 bits per heavy atom.